The van der Waals surface area contributed by atoms with Crippen LogP contribution >= 0.6 is 0 Å². The average molecular weight is 395 g/mol. The molecule has 0 fully saturated rings. The van der Waals surface area contributed by atoms with Crippen LogP contribution in [0.2, 0.25) is 0 Å². The molecular weight excluding hydrogens is 378 g/mol. The summed E-state index contributed by atoms with van der Waals surface area (Å²) in [6, 6.07) is 12.7. The molecule has 3 rings (SSSR count). The fourth-order valence-corrected chi connectivity index (χ4v) is 2.63. The van der Waals surface area contributed by atoms with Crippen molar-refractivity contribution in [2.45, 2.75) is 0 Å². The molecule has 2 aromatic carbocycles. The summed E-state index contributed by atoms with van der Waals surface area (Å²) in [7, 11) is 2.70. The van der Waals surface area contributed by atoms with Gasteiger partial charge < -0.3 is 14.6 Å². The second-order valence-corrected chi connectivity index (χ2v) is 5.80. The normalized spacial score (nSPS) is 10.8. The zero-order valence-corrected chi connectivity index (χ0v) is 15.6. The minimum Gasteiger partial charge on any atom is -0.495 e. The Bertz CT molecular complexity index is 1190. The Morgan fingerprint density at radius 3 is 2.45 bits per heavy atom. The Balaban J connectivity index is 2.05. The molecule has 2 N–H and O–H groups in total. The summed E-state index contributed by atoms with van der Waals surface area (Å²) >= 11 is 0. The van der Waals surface area contributed by atoms with E-state index in [1.165, 1.54) is 26.4 Å². The van der Waals surface area contributed by atoms with Gasteiger partial charge in [0.05, 0.1) is 31.2 Å². The number of H-pyrrole nitrogens is 1. The van der Waals surface area contributed by atoms with Gasteiger partial charge in [-0.05, 0) is 36.4 Å². The number of hydrogen-bond donors (Lipinski definition) is 2. The van der Waals surface area contributed by atoms with E-state index >= 15 is 0 Å². The zero-order chi connectivity index (χ0) is 21.0. The van der Waals surface area contributed by atoms with Gasteiger partial charge in [-0.15, -0.1) is 0 Å². The molecule has 1 aromatic heterocycles. The van der Waals surface area contributed by atoms with Gasteiger partial charge in [-0.25, -0.2) is 14.2 Å². The summed E-state index contributed by atoms with van der Waals surface area (Å²) in [6.45, 7) is 0. The molecule has 0 unspecified atom stereocenters. The first-order chi connectivity index (χ1) is 14.0. The Labute approximate surface area is 164 Å². The number of aromatic nitrogens is 2. The van der Waals surface area contributed by atoms with Gasteiger partial charge in [0, 0.05) is 6.21 Å². The molecular formula is C20H17N3O6. The number of carbonyl (C=O) groups excluding carboxylic acids is 1. The smallest absolute Gasteiger partial charge is 0.337 e. The van der Waals surface area contributed by atoms with Crippen LogP contribution in [0.25, 0.3) is 5.69 Å². The van der Waals surface area contributed by atoms with Crippen LogP contribution in [-0.4, -0.2) is 41.1 Å². The van der Waals surface area contributed by atoms with E-state index < -0.39 is 23.1 Å². The van der Waals surface area contributed by atoms with Crippen molar-refractivity contribution in [3.8, 4) is 17.3 Å². The summed E-state index contributed by atoms with van der Waals surface area (Å²) in [5.41, 5.74) is -0.813. The van der Waals surface area contributed by atoms with Gasteiger partial charge >= 0.3 is 11.7 Å². The topological polar surface area (TPSA) is 123 Å². The molecule has 3 aromatic rings. The number of esters is 1. The van der Waals surface area contributed by atoms with Crippen LogP contribution in [0.15, 0.2) is 63.1 Å². The third kappa shape index (κ3) is 3.93. The molecule has 0 spiro atoms. The van der Waals surface area contributed by atoms with Gasteiger partial charge in [0.15, 0.2) is 0 Å². The van der Waals surface area contributed by atoms with E-state index in [9.17, 15) is 19.5 Å². The van der Waals surface area contributed by atoms with Gasteiger partial charge in [-0.2, -0.15) is 0 Å². The van der Waals surface area contributed by atoms with Crippen molar-refractivity contribution < 1.29 is 19.4 Å². The molecule has 0 bridgehead atoms. The van der Waals surface area contributed by atoms with Gasteiger partial charge in [-0.1, -0.05) is 12.1 Å². The number of aromatic hydroxyl groups is 1. The number of ether oxygens (including phenoxy) is 2. The molecule has 29 heavy (non-hydrogen) atoms. The predicted molar refractivity (Wildman–Crippen MR) is 106 cm³/mol. The maximum atomic E-state index is 12.3. The van der Waals surface area contributed by atoms with Crippen molar-refractivity contribution >= 4 is 17.9 Å². The third-order valence-electron chi connectivity index (χ3n) is 4.08. The zero-order valence-electron chi connectivity index (χ0n) is 15.6. The molecule has 0 saturated carbocycles. The molecule has 0 atom stereocenters. The summed E-state index contributed by atoms with van der Waals surface area (Å²) < 4.78 is 10.8. The molecule has 0 radical (unpaired) electrons. The quantitative estimate of drug-likeness (QED) is 0.501. The largest absolute Gasteiger partial charge is 0.495 e. The van der Waals surface area contributed by atoms with E-state index in [4.69, 9.17) is 4.74 Å². The molecule has 0 amide bonds. The summed E-state index contributed by atoms with van der Waals surface area (Å²) in [6.07, 6.45) is 1.13. The number of nitrogens with one attached hydrogen (secondary N) is 1. The van der Waals surface area contributed by atoms with Crippen LogP contribution in [0.4, 0.5) is 5.69 Å². The summed E-state index contributed by atoms with van der Waals surface area (Å²) in [4.78, 5) is 42.2. The van der Waals surface area contributed by atoms with Crippen LogP contribution in [-0.2, 0) is 4.74 Å². The van der Waals surface area contributed by atoms with Crippen molar-refractivity contribution in [3.05, 3.63) is 80.5 Å². The minimum absolute atomic E-state index is 0.215. The van der Waals surface area contributed by atoms with Gasteiger partial charge in [0.2, 0.25) is 5.88 Å². The number of aliphatic imine (C=N–C) groups is 1. The van der Waals surface area contributed by atoms with Crippen LogP contribution in [0, 0.1) is 0 Å². The third-order valence-corrected chi connectivity index (χ3v) is 4.08. The van der Waals surface area contributed by atoms with Crippen LogP contribution in [0.1, 0.15) is 15.9 Å². The number of carbonyl (C=O) groups is 1. The van der Waals surface area contributed by atoms with Gasteiger partial charge in [0.1, 0.15) is 11.3 Å². The highest BCUT2D eigenvalue weighted by Crippen LogP contribution is 2.25. The van der Waals surface area contributed by atoms with Crippen LogP contribution < -0.4 is 16.0 Å². The lowest BCUT2D eigenvalue weighted by atomic mass is 10.2. The van der Waals surface area contributed by atoms with E-state index in [0.717, 1.165) is 10.8 Å². The Kier molecular flexibility index (Phi) is 5.59. The SMILES string of the molecule is COC(=O)c1ccc(N=Cc2c(O)n(-c3ccccc3OC)c(=O)[nH]c2=O)cc1. The first-order valence-corrected chi connectivity index (χ1v) is 8.40. The number of methoxy groups -OCH3 is 2. The van der Waals surface area contributed by atoms with E-state index in [1.807, 2.05) is 0 Å². The van der Waals surface area contributed by atoms with Gasteiger partial charge in [-0.3, -0.25) is 14.8 Å². The highest BCUT2D eigenvalue weighted by atomic mass is 16.5. The molecule has 0 aliphatic heterocycles. The summed E-state index contributed by atoms with van der Waals surface area (Å²) in [5, 5.41) is 10.6. The molecule has 0 aliphatic rings. The molecule has 9 heteroatoms. The maximum Gasteiger partial charge on any atom is 0.337 e. The molecule has 0 aliphatic carbocycles. The van der Waals surface area contributed by atoms with Crippen molar-refractivity contribution in [3.63, 3.8) is 0 Å². The number of rotatable bonds is 5. The van der Waals surface area contributed by atoms with Crippen LogP contribution in [0.3, 0.4) is 0 Å². The van der Waals surface area contributed by atoms with Crippen molar-refractivity contribution in [2.24, 2.45) is 4.99 Å². The first-order valence-electron chi connectivity index (χ1n) is 8.40. The molecule has 0 saturated heterocycles. The maximum absolute atomic E-state index is 12.3. The second kappa shape index (κ2) is 8.26. The van der Waals surface area contributed by atoms with Crippen LogP contribution in [0.5, 0.6) is 11.6 Å². The minimum atomic E-state index is -0.823. The lowest BCUT2D eigenvalue weighted by Gasteiger charge is -2.12. The van der Waals surface area contributed by atoms with Crippen molar-refractivity contribution in [2.75, 3.05) is 14.2 Å². The Hall–Kier alpha value is -4.14. The summed E-state index contributed by atoms with van der Waals surface area (Å²) in [5.74, 6) is -0.741. The molecule has 148 valence electrons. The number of nitrogens with zero attached hydrogens (tertiary/aromatic N) is 2. The first kappa shape index (κ1) is 19.6. The number of hydrogen-bond acceptors (Lipinski definition) is 7. The van der Waals surface area contributed by atoms with E-state index in [-0.39, 0.29) is 11.3 Å². The van der Waals surface area contributed by atoms with E-state index in [2.05, 4.69) is 14.7 Å². The monoisotopic (exact) mass is 395 g/mol. The fraction of sp³-hybridized carbons (Fsp3) is 0.100. The fourth-order valence-electron chi connectivity index (χ4n) is 2.63. The lowest BCUT2D eigenvalue weighted by Crippen LogP contribution is -2.31. The Morgan fingerprint density at radius 2 is 1.79 bits per heavy atom. The Morgan fingerprint density at radius 1 is 1.10 bits per heavy atom. The number of para-hydroxylation sites is 2. The average Bonchev–Trinajstić information content (AvgIpc) is 2.73. The van der Waals surface area contributed by atoms with Gasteiger partial charge in [0.25, 0.3) is 5.56 Å². The highest BCUT2D eigenvalue weighted by Gasteiger charge is 2.16. The lowest BCUT2D eigenvalue weighted by molar-refractivity contribution is 0.0601. The predicted octanol–water partition coefficient (Wildman–Crippen LogP) is 1.78. The van der Waals surface area contributed by atoms with E-state index in [0.29, 0.717) is 17.0 Å². The number of aromatic amines is 1. The van der Waals surface area contributed by atoms with E-state index in [1.54, 1.807) is 36.4 Å². The van der Waals surface area contributed by atoms with Crippen molar-refractivity contribution in [1.29, 1.82) is 0 Å². The molecule has 9 nitrogen and oxygen atoms in total. The highest BCUT2D eigenvalue weighted by molar-refractivity contribution is 5.90. The standard InChI is InChI=1S/C20H17N3O6/c1-28-16-6-4-3-5-15(16)23-18(25)14(17(24)22-20(23)27)11-21-13-9-7-12(8-10-13)19(26)29-2/h3-11,25H,1-2H3,(H,22,24,27). The van der Waals surface area contributed by atoms with Crippen molar-refractivity contribution in [1.82, 2.24) is 9.55 Å². The second-order valence-electron chi connectivity index (χ2n) is 5.80. The number of benzene rings is 2. The molecule has 1 heterocycles.